The minimum Gasteiger partial charge on any atom is -0.226 e. The molecular weight excluding hydrogens is 317 g/mol. The highest BCUT2D eigenvalue weighted by molar-refractivity contribution is 6.38. The molecule has 0 fully saturated rings. The van der Waals surface area contributed by atoms with Crippen molar-refractivity contribution in [1.29, 1.82) is 0 Å². The van der Waals surface area contributed by atoms with E-state index in [0.717, 1.165) is 23.8 Å². The summed E-state index contributed by atoms with van der Waals surface area (Å²) < 4.78 is 26.6. The minimum atomic E-state index is -0.708. The zero-order valence-electron chi connectivity index (χ0n) is 10.8. The van der Waals surface area contributed by atoms with Gasteiger partial charge in [-0.15, -0.1) is 0 Å². The van der Waals surface area contributed by atoms with Crippen molar-refractivity contribution in [3.05, 3.63) is 57.7 Å². The van der Waals surface area contributed by atoms with Gasteiger partial charge in [0.15, 0.2) is 5.82 Å². The van der Waals surface area contributed by atoms with E-state index in [-0.39, 0.29) is 16.5 Å². The van der Waals surface area contributed by atoms with Gasteiger partial charge in [-0.2, -0.15) is 0 Å². The van der Waals surface area contributed by atoms with E-state index >= 15 is 0 Å². The molecule has 0 saturated carbocycles. The maximum atomic E-state index is 13.3. The minimum absolute atomic E-state index is 0.122. The molecule has 0 atom stereocenters. The van der Waals surface area contributed by atoms with Crippen molar-refractivity contribution < 1.29 is 8.78 Å². The van der Waals surface area contributed by atoms with Crippen LogP contribution in [0.5, 0.6) is 0 Å². The molecule has 0 aliphatic carbocycles. The van der Waals surface area contributed by atoms with Crippen LogP contribution in [0.1, 0.15) is 5.56 Å². The van der Waals surface area contributed by atoms with Gasteiger partial charge in [-0.05, 0) is 36.8 Å². The molecule has 0 spiro atoms. The summed E-state index contributed by atoms with van der Waals surface area (Å²) in [5.74, 6) is -1.30. The molecule has 3 rings (SSSR count). The number of fused-ring (bicyclic) bond motifs is 1. The Balaban J connectivity index is 2.30. The smallest absolute Gasteiger partial charge is 0.161 e. The number of hydrogen-bond donors (Lipinski definition) is 0. The van der Waals surface area contributed by atoms with Gasteiger partial charge in [-0.25, -0.2) is 18.7 Å². The second-order valence-corrected chi connectivity index (χ2v) is 5.40. The molecule has 2 aromatic carbocycles. The van der Waals surface area contributed by atoms with Crippen LogP contribution in [0.2, 0.25) is 10.2 Å². The van der Waals surface area contributed by atoms with Crippen LogP contribution >= 0.6 is 23.2 Å². The average Bonchev–Trinajstić information content (AvgIpc) is 2.38. The van der Waals surface area contributed by atoms with Gasteiger partial charge in [0.1, 0.15) is 16.8 Å². The molecule has 3 aromatic rings. The Morgan fingerprint density at radius 1 is 0.905 bits per heavy atom. The van der Waals surface area contributed by atoms with E-state index in [4.69, 9.17) is 23.2 Å². The first kappa shape index (κ1) is 14.2. The summed E-state index contributed by atoms with van der Waals surface area (Å²) in [6.07, 6.45) is 0. The molecule has 0 N–H and O–H groups in total. The molecule has 0 amide bonds. The fourth-order valence-electron chi connectivity index (χ4n) is 2.10. The Kier molecular flexibility index (Phi) is 3.51. The molecule has 0 saturated heterocycles. The predicted octanol–water partition coefficient (Wildman–Crippen LogP) is 5.19. The summed E-state index contributed by atoms with van der Waals surface area (Å²) in [6, 6.07) is 6.61. The highest BCUT2D eigenvalue weighted by atomic mass is 35.5. The van der Waals surface area contributed by atoms with E-state index in [1.807, 2.05) is 6.92 Å². The molecule has 6 heteroatoms. The molecule has 21 heavy (non-hydrogen) atoms. The molecule has 2 nitrogen and oxygen atoms in total. The van der Waals surface area contributed by atoms with Crippen LogP contribution < -0.4 is 0 Å². The molecule has 0 unspecified atom stereocenters. The van der Waals surface area contributed by atoms with E-state index in [1.165, 1.54) is 0 Å². The van der Waals surface area contributed by atoms with Crippen LogP contribution in [0.3, 0.4) is 0 Å². The third-order valence-corrected chi connectivity index (χ3v) is 3.55. The Morgan fingerprint density at radius 2 is 1.57 bits per heavy atom. The molecular formula is C15H8Cl2F2N2. The number of halogens is 4. The fraction of sp³-hybridized carbons (Fsp3) is 0.0667. The van der Waals surface area contributed by atoms with E-state index in [1.54, 1.807) is 12.1 Å². The molecule has 0 aliphatic rings. The van der Waals surface area contributed by atoms with Crippen LogP contribution in [-0.4, -0.2) is 9.97 Å². The van der Waals surface area contributed by atoms with E-state index in [0.29, 0.717) is 15.9 Å². The summed E-state index contributed by atoms with van der Waals surface area (Å²) in [6.45, 7) is 1.87. The number of nitrogens with zero attached hydrogens (tertiary/aromatic N) is 2. The Morgan fingerprint density at radius 3 is 2.24 bits per heavy atom. The SMILES string of the molecule is Cc1cc(Cl)c2nc(-c3cc(F)cc(F)c3)nc(Cl)c2c1. The van der Waals surface area contributed by atoms with Crippen LogP contribution in [0, 0.1) is 18.6 Å². The summed E-state index contributed by atoms with van der Waals surface area (Å²) in [5.41, 5.74) is 1.57. The Labute approximate surface area is 129 Å². The number of benzene rings is 2. The number of rotatable bonds is 1. The number of aryl methyl sites for hydroxylation is 1. The van der Waals surface area contributed by atoms with Crippen molar-refractivity contribution in [2.24, 2.45) is 0 Å². The monoisotopic (exact) mass is 324 g/mol. The highest BCUT2D eigenvalue weighted by Crippen LogP contribution is 2.30. The van der Waals surface area contributed by atoms with Gasteiger partial charge < -0.3 is 0 Å². The third kappa shape index (κ3) is 2.69. The molecule has 106 valence electrons. The topological polar surface area (TPSA) is 25.8 Å². The van der Waals surface area contributed by atoms with Gasteiger partial charge in [0.2, 0.25) is 0 Å². The maximum absolute atomic E-state index is 13.3. The quantitative estimate of drug-likeness (QED) is 0.575. The van der Waals surface area contributed by atoms with Crippen molar-refractivity contribution in [2.75, 3.05) is 0 Å². The van der Waals surface area contributed by atoms with Crippen LogP contribution in [-0.2, 0) is 0 Å². The zero-order valence-corrected chi connectivity index (χ0v) is 12.3. The van der Waals surface area contributed by atoms with E-state index in [9.17, 15) is 8.78 Å². The molecule has 0 bridgehead atoms. The van der Waals surface area contributed by atoms with Gasteiger partial charge in [-0.1, -0.05) is 23.2 Å². The first-order valence-corrected chi connectivity index (χ1v) is 6.79. The lowest BCUT2D eigenvalue weighted by Crippen LogP contribution is -1.94. The first-order valence-electron chi connectivity index (χ1n) is 6.04. The van der Waals surface area contributed by atoms with Crippen molar-refractivity contribution >= 4 is 34.1 Å². The summed E-state index contributed by atoms with van der Waals surface area (Å²) in [4.78, 5) is 8.37. The lowest BCUT2D eigenvalue weighted by molar-refractivity contribution is 0.584. The standard InChI is InChI=1S/C15H8Cl2F2N2/c1-7-2-11-13(12(16)3-7)20-15(21-14(11)17)8-4-9(18)6-10(19)5-8/h2-6H,1H3. The molecule has 0 radical (unpaired) electrons. The Hall–Kier alpha value is -1.78. The predicted molar refractivity (Wildman–Crippen MR) is 79.6 cm³/mol. The average molecular weight is 325 g/mol. The van der Waals surface area contributed by atoms with E-state index < -0.39 is 11.6 Å². The largest absolute Gasteiger partial charge is 0.226 e. The van der Waals surface area contributed by atoms with Crippen LogP contribution in [0.4, 0.5) is 8.78 Å². The first-order chi connectivity index (χ1) is 9.94. The van der Waals surface area contributed by atoms with Crippen molar-refractivity contribution in [2.45, 2.75) is 6.92 Å². The molecule has 0 aliphatic heterocycles. The lowest BCUT2D eigenvalue weighted by Gasteiger charge is -2.07. The fourth-order valence-corrected chi connectivity index (χ4v) is 2.64. The van der Waals surface area contributed by atoms with Gasteiger partial charge in [0.05, 0.1) is 10.5 Å². The van der Waals surface area contributed by atoms with Gasteiger partial charge in [0, 0.05) is 17.0 Å². The van der Waals surface area contributed by atoms with Crippen molar-refractivity contribution in [1.82, 2.24) is 9.97 Å². The molecule has 1 aromatic heterocycles. The van der Waals surface area contributed by atoms with Gasteiger partial charge in [-0.3, -0.25) is 0 Å². The second-order valence-electron chi connectivity index (χ2n) is 4.64. The number of aromatic nitrogens is 2. The maximum Gasteiger partial charge on any atom is 0.161 e. The summed E-state index contributed by atoms with van der Waals surface area (Å²) in [7, 11) is 0. The van der Waals surface area contributed by atoms with E-state index in [2.05, 4.69) is 9.97 Å². The van der Waals surface area contributed by atoms with Crippen molar-refractivity contribution in [3.63, 3.8) is 0 Å². The zero-order chi connectivity index (χ0) is 15.1. The second kappa shape index (κ2) is 5.20. The van der Waals surface area contributed by atoms with Crippen LogP contribution in [0.15, 0.2) is 30.3 Å². The Bertz CT molecular complexity index is 846. The third-order valence-electron chi connectivity index (χ3n) is 2.97. The van der Waals surface area contributed by atoms with Gasteiger partial charge >= 0.3 is 0 Å². The number of hydrogen-bond acceptors (Lipinski definition) is 2. The summed E-state index contributed by atoms with van der Waals surface area (Å²) in [5, 5.41) is 1.19. The van der Waals surface area contributed by atoms with Crippen molar-refractivity contribution in [3.8, 4) is 11.4 Å². The normalized spacial score (nSPS) is 11.1. The van der Waals surface area contributed by atoms with Crippen LogP contribution in [0.25, 0.3) is 22.3 Å². The summed E-state index contributed by atoms with van der Waals surface area (Å²) >= 11 is 12.3. The molecule has 1 heterocycles. The highest BCUT2D eigenvalue weighted by Gasteiger charge is 2.12. The lowest BCUT2D eigenvalue weighted by atomic mass is 10.1. The van der Waals surface area contributed by atoms with Gasteiger partial charge in [0.25, 0.3) is 0 Å².